The molecule has 1 N–H and O–H groups in total. The number of alkyl halides is 3. The van der Waals surface area contributed by atoms with Crippen molar-refractivity contribution in [2.45, 2.75) is 67.6 Å². The van der Waals surface area contributed by atoms with Gasteiger partial charge in [-0.05, 0) is 55.6 Å². The van der Waals surface area contributed by atoms with Gasteiger partial charge in [0, 0.05) is 19.0 Å². The van der Waals surface area contributed by atoms with Crippen molar-refractivity contribution < 1.29 is 27.5 Å². The molecule has 5 nitrogen and oxygen atoms in total. The van der Waals surface area contributed by atoms with E-state index in [-0.39, 0.29) is 42.2 Å². The fourth-order valence-electron chi connectivity index (χ4n) is 5.37. The maximum absolute atomic E-state index is 13.4. The third-order valence-electron chi connectivity index (χ3n) is 7.68. The molecule has 0 bridgehead atoms. The molecule has 5 rings (SSSR count). The summed E-state index contributed by atoms with van der Waals surface area (Å²) in [6.07, 6.45) is -1.57. The Hall–Kier alpha value is -2.25. The largest absolute Gasteiger partial charge is 0.447 e. The number of benzene rings is 1. The predicted octanol–water partition coefficient (Wildman–Crippen LogP) is 3.87. The molecule has 0 atom stereocenters. The summed E-state index contributed by atoms with van der Waals surface area (Å²) in [5.74, 6) is 0.151. The molecule has 0 unspecified atom stereocenters. The minimum Gasteiger partial charge on any atom is -0.447 e. The molecule has 0 radical (unpaired) electrons. The number of nitrogens with one attached hydrogen (secondary N) is 1. The second kappa shape index (κ2) is 6.37. The SMILES string of the molecule is CN(C(=O)[C@H]1C[C@]2(COC(=O)N2)C1)[C@H]1C[C@H](c2cccc(C3(C(F)(F)F)CC3)c2)C1. The summed E-state index contributed by atoms with van der Waals surface area (Å²) in [5.41, 5.74) is -0.717. The molecule has 1 aromatic carbocycles. The van der Waals surface area contributed by atoms with Crippen LogP contribution in [0.1, 0.15) is 55.6 Å². The van der Waals surface area contributed by atoms with Crippen LogP contribution >= 0.6 is 0 Å². The highest BCUT2D eigenvalue weighted by atomic mass is 19.4. The van der Waals surface area contributed by atoms with Gasteiger partial charge in [-0.2, -0.15) is 13.2 Å². The lowest BCUT2D eigenvalue weighted by Crippen LogP contribution is -2.59. The number of ether oxygens (including phenoxy) is 1. The first kappa shape index (κ1) is 19.7. The van der Waals surface area contributed by atoms with Gasteiger partial charge in [-0.25, -0.2) is 4.79 Å². The van der Waals surface area contributed by atoms with Crippen LogP contribution in [-0.4, -0.2) is 48.3 Å². The maximum Gasteiger partial charge on any atom is 0.407 e. The lowest BCUT2D eigenvalue weighted by molar-refractivity contribution is -0.160. The van der Waals surface area contributed by atoms with Crippen LogP contribution < -0.4 is 5.32 Å². The standard InChI is InChI=1S/C22H25F3N2O3/c1-27(18(28)15-10-20(11-15)12-30-19(29)26-20)17-8-14(9-17)13-3-2-4-16(7-13)21(5-6-21)22(23,24)25/h2-4,7,14-15,17H,5-6,8-12H2,1H3,(H,26,29)/t14-,15-,17-,20+. The zero-order valence-electron chi connectivity index (χ0n) is 16.8. The zero-order chi connectivity index (χ0) is 21.3. The molecule has 3 saturated carbocycles. The van der Waals surface area contributed by atoms with Crippen molar-refractivity contribution in [1.29, 1.82) is 0 Å². The van der Waals surface area contributed by atoms with Gasteiger partial charge in [0.2, 0.25) is 5.91 Å². The molecular weight excluding hydrogens is 397 g/mol. The van der Waals surface area contributed by atoms with E-state index in [1.54, 1.807) is 30.1 Å². The quantitative estimate of drug-likeness (QED) is 0.801. The Kier molecular flexibility index (Phi) is 4.19. The molecule has 8 heteroatoms. The number of rotatable bonds is 4. The Morgan fingerprint density at radius 1 is 1.23 bits per heavy atom. The van der Waals surface area contributed by atoms with Crippen LogP contribution in [0, 0.1) is 5.92 Å². The average Bonchev–Trinajstić information content (AvgIpc) is 3.36. The smallest absolute Gasteiger partial charge is 0.407 e. The fraction of sp³-hybridized carbons (Fsp3) is 0.636. The van der Waals surface area contributed by atoms with Crippen LogP contribution in [0.3, 0.4) is 0 Å². The Morgan fingerprint density at radius 2 is 1.93 bits per heavy atom. The molecule has 1 aromatic rings. The van der Waals surface area contributed by atoms with E-state index in [1.807, 2.05) is 6.07 Å². The van der Waals surface area contributed by atoms with Crippen molar-refractivity contribution in [3.8, 4) is 0 Å². The van der Waals surface area contributed by atoms with Crippen LogP contribution in [0.25, 0.3) is 0 Å². The van der Waals surface area contributed by atoms with Gasteiger partial charge < -0.3 is 15.0 Å². The molecule has 2 amide bonds. The van der Waals surface area contributed by atoms with E-state index < -0.39 is 17.7 Å². The van der Waals surface area contributed by atoms with E-state index >= 15 is 0 Å². The second-order valence-electron chi connectivity index (χ2n) is 9.56. The summed E-state index contributed by atoms with van der Waals surface area (Å²) in [5, 5.41) is 2.80. The van der Waals surface area contributed by atoms with Crippen molar-refractivity contribution in [2.24, 2.45) is 5.92 Å². The number of hydrogen-bond donors (Lipinski definition) is 1. The van der Waals surface area contributed by atoms with Crippen molar-refractivity contribution in [3.05, 3.63) is 35.4 Å². The van der Waals surface area contributed by atoms with Gasteiger partial charge in [0.05, 0.1) is 11.0 Å². The number of hydrogen-bond acceptors (Lipinski definition) is 3. The Bertz CT molecular complexity index is 884. The number of amides is 2. The van der Waals surface area contributed by atoms with Crippen molar-refractivity contribution in [1.82, 2.24) is 10.2 Å². The molecular formula is C22H25F3N2O3. The highest BCUT2D eigenvalue weighted by Crippen LogP contribution is 2.59. The minimum absolute atomic E-state index is 0.0768. The summed E-state index contributed by atoms with van der Waals surface area (Å²) in [7, 11) is 1.80. The molecule has 4 fully saturated rings. The Labute approximate surface area is 172 Å². The highest BCUT2D eigenvalue weighted by molar-refractivity contribution is 5.81. The second-order valence-corrected chi connectivity index (χ2v) is 9.56. The predicted molar refractivity (Wildman–Crippen MR) is 102 cm³/mol. The highest BCUT2D eigenvalue weighted by Gasteiger charge is 2.64. The van der Waals surface area contributed by atoms with E-state index in [9.17, 15) is 22.8 Å². The van der Waals surface area contributed by atoms with Gasteiger partial charge in [-0.15, -0.1) is 0 Å². The van der Waals surface area contributed by atoms with Gasteiger partial charge in [0.15, 0.2) is 0 Å². The molecule has 0 aromatic heterocycles. The van der Waals surface area contributed by atoms with Crippen molar-refractivity contribution >= 4 is 12.0 Å². The molecule has 1 saturated heterocycles. The van der Waals surface area contributed by atoms with Gasteiger partial charge >= 0.3 is 12.3 Å². The summed E-state index contributed by atoms with van der Waals surface area (Å²) in [4.78, 5) is 25.8. The Balaban J connectivity index is 1.18. The number of carbonyl (C=O) groups excluding carboxylic acids is 2. The molecule has 1 heterocycles. The van der Waals surface area contributed by atoms with Gasteiger partial charge in [0.1, 0.15) is 6.61 Å². The van der Waals surface area contributed by atoms with E-state index in [4.69, 9.17) is 4.74 Å². The van der Waals surface area contributed by atoms with Gasteiger partial charge in [0.25, 0.3) is 0 Å². The summed E-state index contributed by atoms with van der Waals surface area (Å²) < 4.78 is 45.3. The van der Waals surface area contributed by atoms with Gasteiger partial charge in [-0.3, -0.25) is 4.79 Å². The van der Waals surface area contributed by atoms with Gasteiger partial charge in [-0.1, -0.05) is 24.3 Å². The maximum atomic E-state index is 13.4. The summed E-state index contributed by atoms with van der Waals surface area (Å²) in [6.45, 7) is 0.320. The number of halogens is 3. The van der Waals surface area contributed by atoms with Crippen molar-refractivity contribution in [2.75, 3.05) is 13.7 Å². The third kappa shape index (κ3) is 2.98. The fourth-order valence-corrected chi connectivity index (χ4v) is 5.37. The van der Waals surface area contributed by atoms with Crippen LogP contribution in [0.2, 0.25) is 0 Å². The summed E-state index contributed by atoms with van der Waals surface area (Å²) >= 11 is 0. The number of carbonyl (C=O) groups is 2. The van der Waals surface area contributed by atoms with Crippen LogP contribution in [0.15, 0.2) is 24.3 Å². The first-order valence-corrected chi connectivity index (χ1v) is 10.5. The normalized spacial score (nSPS) is 33.9. The third-order valence-corrected chi connectivity index (χ3v) is 7.68. The van der Waals surface area contributed by atoms with E-state index in [0.717, 1.165) is 18.4 Å². The zero-order valence-corrected chi connectivity index (χ0v) is 16.8. The van der Waals surface area contributed by atoms with Crippen LogP contribution in [0.4, 0.5) is 18.0 Å². The number of cyclic esters (lactones) is 1. The molecule has 1 aliphatic heterocycles. The lowest BCUT2D eigenvalue weighted by Gasteiger charge is -2.47. The van der Waals surface area contributed by atoms with Crippen molar-refractivity contribution in [3.63, 3.8) is 0 Å². The summed E-state index contributed by atoms with van der Waals surface area (Å²) in [6, 6.07) is 7.05. The molecule has 4 aliphatic rings. The minimum atomic E-state index is -4.20. The van der Waals surface area contributed by atoms with Crippen LogP contribution in [-0.2, 0) is 14.9 Å². The lowest BCUT2D eigenvalue weighted by atomic mass is 9.67. The number of nitrogens with zero attached hydrogens (tertiary/aromatic N) is 1. The Morgan fingerprint density at radius 3 is 2.50 bits per heavy atom. The first-order valence-electron chi connectivity index (χ1n) is 10.5. The monoisotopic (exact) mass is 422 g/mol. The topological polar surface area (TPSA) is 58.6 Å². The molecule has 3 aliphatic carbocycles. The molecule has 162 valence electrons. The first-order chi connectivity index (χ1) is 14.1. The van der Waals surface area contributed by atoms with E-state index in [1.165, 1.54) is 0 Å². The number of alkyl carbamates (subject to hydrolysis) is 1. The van der Waals surface area contributed by atoms with Crippen LogP contribution in [0.5, 0.6) is 0 Å². The van der Waals surface area contributed by atoms with E-state index in [2.05, 4.69) is 5.32 Å². The average molecular weight is 422 g/mol. The molecule has 1 spiro atoms. The van der Waals surface area contributed by atoms with E-state index in [0.29, 0.717) is 25.0 Å². The molecule has 30 heavy (non-hydrogen) atoms.